The molecule has 0 saturated carbocycles. The Morgan fingerprint density at radius 3 is 2.55 bits per heavy atom. The topological polar surface area (TPSA) is 57.6 Å². The Labute approximate surface area is 133 Å². The summed E-state index contributed by atoms with van der Waals surface area (Å²) in [4.78, 5) is 0.326. The van der Waals surface area contributed by atoms with Crippen LogP contribution in [0.2, 0.25) is 0 Å². The molecule has 0 amide bonds. The van der Waals surface area contributed by atoms with Crippen LogP contribution in [0.4, 0.5) is 0 Å². The van der Waals surface area contributed by atoms with Gasteiger partial charge in [-0.3, -0.25) is 0 Å². The van der Waals surface area contributed by atoms with Crippen molar-refractivity contribution < 1.29 is 13.5 Å². The molecule has 0 radical (unpaired) electrons. The number of aliphatic hydroxyl groups is 1. The van der Waals surface area contributed by atoms with E-state index >= 15 is 0 Å². The second kappa shape index (κ2) is 6.94. The maximum Gasteiger partial charge on any atom is 0.243 e. The Bertz CT molecular complexity index is 634. The van der Waals surface area contributed by atoms with E-state index in [-0.39, 0.29) is 5.92 Å². The van der Waals surface area contributed by atoms with E-state index in [2.05, 4.69) is 0 Å². The summed E-state index contributed by atoms with van der Waals surface area (Å²) in [6.07, 6.45) is 2.84. The van der Waals surface area contributed by atoms with Crippen LogP contribution in [0, 0.1) is 12.8 Å². The molecule has 1 aliphatic heterocycles. The normalized spacial score (nSPS) is 24.5. The molecule has 0 aromatic heterocycles. The van der Waals surface area contributed by atoms with Gasteiger partial charge in [-0.15, -0.1) is 0 Å². The van der Waals surface area contributed by atoms with E-state index in [4.69, 9.17) is 0 Å². The lowest BCUT2D eigenvalue weighted by Gasteiger charge is -2.36. The third-order valence-corrected chi connectivity index (χ3v) is 6.33. The molecule has 4 nitrogen and oxygen atoms in total. The molecule has 2 atom stereocenters. The molecule has 1 aliphatic rings. The molecular weight excluding hydrogens is 298 g/mol. The van der Waals surface area contributed by atoms with Crippen molar-refractivity contribution in [2.24, 2.45) is 5.92 Å². The van der Waals surface area contributed by atoms with Gasteiger partial charge in [-0.2, -0.15) is 4.31 Å². The van der Waals surface area contributed by atoms with Crippen molar-refractivity contribution in [2.45, 2.75) is 44.6 Å². The molecule has 1 saturated heterocycles. The molecule has 1 N–H and O–H groups in total. The Kier molecular flexibility index (Phi) is 5.42. The van der Waals surface area contributed by atoms with Crippen LogP contribution >= 0.6 is 0 Å². The van der Waals surface area contributed by atoms with E-state index in [0.717, 1.165) is 17.6 Å². The number of sulfonamides is 1. The van der Waals surface area contributed by atoms with Crippen LogP contribution in [0.15, 0.2) is 40.8 Å². The van der Waals surface area contributed by atoms with Gasteiger partial charge in [0.2, 0.25) is 10.0 Å². The zero-order valence-electron chi connectivity index (χ0n) is 13.5. The second-order valence-electron chi connectivity index (χ2n) is 5.86. The van der Waals surface area contributed by atoms with Crippen molar-refractivity contribution in [2.75, 3.05) is 13.1 Å². The summed E-state index contributed by atoms with van der Waals surface area (Å²) in [7, 11) is -3.49. The molecule has 1 aromatic carbocycles. The van der Waals surface area contributed by atoms with E-state index in [9.17, 15) is 13.5 Å². The quantitative estimate of drug-likeness (QED) is 0.867. The van der Waals surface area contributed by atoms with Gasteiger partial charge in [-0.25, -0.2) is 8.42 Å². The highest BCUT2D eigenvalue weighted by Crippen LogP contribution is 2.29. The molecule has 22 heavy (non-hydrogen) atoms. The Balaban J connectivity index is 2.26. The summed E-state index contributed by atoms with van der Waals surface area (Å²) in [5, 5.41) is 10.2. The number of nitrogens with zero attached hydrogens (tertiary/aromatic N) is 1. The lowest BCUT2D eigenvalue weighted by Crippen LogP contribution is -2.46. The van der Waals surface area contributed by atoms with Crippen molar-refractivity contribution in [3.8, 4) is 0 Å². The highest BCUT2D eigenvalue weighted by molar-refractivity contribution is 7.89. The molecule has 122 valence electrons. The molecule has 1 heterocycles. The monoisotopic (exact) mass is 323 g/mol. The Hall–Kier alpha value is -1.17. The van der Waals surface area contributed by atoms with Crippen LogP contribution in [0.5, 0.6) is 0 Å². The molecule has 0 bridgehead atoms. The first-order chi connectivity index (χ1) is 10.4. The van der Waals surface area contributed by atoms with E-state index in [1.165, 1.54) is 4.31 Å². The molecule has 1 fully saturated rings. The third-order valence-electron chi connectivity index (χ3n) is 4.45. The van der Waals surface area contributed by atoms with Crippen molar-refractivity contribution in [3.05, 3.63) is 41.5 Å². The van der Waals surface area contributed by atoms with Gasteiger partial charge < -0.3 is 5.11 Å². The molecule has 2 rings (SSSR count). The van der Waals surface area contributed by atoms with Gasteiger partial charge >= 0.3 is 0 Å². The Morgan fingerprint density at radius 1 is 1.36 bits per heavy atom. The SMILES string of the molecule is C/C=C(/CC)[C@@H]1CN(S(=O)(=O)c2ccc(C)cc2)CC[C@@H]1O. The number of aryl methyl sites for hydroxylation is 1. The maximum atomic E-state index is 12.8. The summed E-state index contributed by atoms with van der Waals surface area (Å²) in [6, 6.07) is 6.93. The lowest BCUT2D eigenvalue weighted by atomic mass is 9.87. The van der Waals surface area contributed by atoms with E-state index < -0.39 is 16.1 Å². The fourth-order valence-electron chi connectivity index (χ4n) is 3.03. The standard InChI is InChI=1S/C17H25NO3S/c1-4-14(5-2)16-12-18(11-10-17(16)19)22(20,21)15-8-6-13(3)7-9-15/h4,6-9,16-17,19H,5,10-12H2,1-3H3/b14-4-/t16-,17-/m0/s1. The molecule has 0 aliphatic carbocycles. The van der Waals surface area contributed by atoms with Crippen molar-refractivity contribution in [1.82, 2.24) is 4.31 Å². The fraction of sp³-hybridized carbons (Fsp3) is 0.529. The number of piperidine rings is 1. The fourth-order valence-corrected chi connectivity index (χ4v) is 4.51. The van der Waals surface area contributed by atoms with Gasteiger partial charge in [0.1, 0.15) is 0 Å². The zero-order chi connectivity index (χ0) is 16.3. The number of hydrogen-bond acceptors (Lipinski definition) is 3. The average Bonchev–Trinajstić information content (AvgIpc) is 2.50. The molecule has 0 spiro atoms. The number of hydrogen-bond donors (Lipinski definition) is 1. The minimum Gasteiger partial charge on any atom is -0.392 e. The lowest BCUT2D eigenvalue weighted by molar-refractivity contribution is 0.0694. The van der Waals surface area contributed by atoms with Gasteiger partial charge in [-0.05, 0) is 38.8 Å². The number of aliphatic hydroxyl groups excluding tert-OH is 1. The van der Waals surface area contributed by atoms with Crippen LogP contribution in [0.1, 0.15) is 32.3 Å². The zero-order valence-corrected chi connectivity index (χ0v) is 14.3. The minimum absolute atomic E-state index is 0.107. The largest absolute Gasteiger partial charge is 0.392 e. The first-order valence-electron chi connectivity index (χ1n) is 7.80. The smallest absolute Gasteiger partial charge is 0.243 e. The molecule has 1 aromatic rings. The molecule has 0 unspecified atom stereocenters. The van der Waals surface area contributed by atoms with Crippen LogP contribution < -0.4 is 0 Å². The summed E-state index contributed by atoms with van der Waals surface area (Å²) in [5.74, 6) is -0.107. The summed E-state index contributed by atoms with van der Waals surface area (Å²) in [6.45, 7) is 6.64. The molecule has 5 heteroatoms. The number of rotatable bonds is 4. The summed E-state index contributed by atoms with van der Waals surface area (Å²) in [5.41, 5.74) is 2.16. The predicted octanol–water partition coefficient (Wildman–Crippen LogP) is 2.72. The van der Waals surface area contributed by atoms with Crippen molar-refractivity contribution in [3.63, 3.8) is 0 Å². The van der Waals surface area contributed by atoms with Crippen LogP contribution in [0.25, 0.3) is 0 Å². The van der Waals surface area contributed by atoms with Gasteiger partial charge in [0.05, 0.1) is 11.0 Å². The third kappa shape index (κ3) is 3.42. The number of benzene rings is 1. The maximum absolute atomic E-state index is 12.8. The first kappa shape index (κ1) is 17.2. The number of allylic oxidation sites excluding steroid dienone is 1. The average molecular weight is 323 g/mol. The van der Waals surface area contributed by atoms with Gasteiger partial charge in [0.25, 0.3) is 0 Å². The highest BCUT2D eigenvalue weighted by atomic mass is 32.2. The Morgan fingerprint density at radius 2 is 2.00 bits per heavy atom. The van der Waals surface area contributed by atoms with Gasteiger partial charge in [0.15, 0.2) is 0 Å². The second-order valence-corrected chi connectivity index (χ2v) is 7.79. The van der Waals surface area contributed by atoms with Gasteiger partial charge in [-0.1, -0.05) is 36.3 Å². The van der Waals surface area contributed by atoms with E-state index in [1.807, 2.05) is 39.0 Å². The van der Waals surface area contributed by atoms with Crippen LogP contribution in [-0.4, -0.2) is 37.0 Å². The van der Waals surface area contributed by atoms with E-state index in [1.54, 1.807) is 12.1 Å². The minimum atomic E-state index is -3.49. The van der Waals surface area contributed by atoms with Crippen LogP contribution in [0.3, 0.4) is 0 Å². The summed E-state index contributed by atoms with van der Waals surface area (Å²) >= 11 is 0. The highest BCUT2D eigenvalue weighted by Gasteiger charge is 2.35. The molecular formula is C17H25NO3S. The first-order valence-corrected chi connectivity index (χ1v) is 9.24. The van der Waals surface area contributed by atoms with Crippen LogP contribution in [-0.2, 0) is 10.0 Å². The predicted molar refractivity (Wildman–Crippen MR) is 88.1 cm³/mol. The van der Waals surface area contributed by atoms with E-state index in [0.29, 0.717) is 24.4 Å². The summed E-state index contributed by atoms with van der Waals surface area (Å²) < 4.78 is 27.1. The van der Waals surface area contributed by atoms with Gasteiger partial charge in [0, 0.05) is 19.0 Å². The van der Waals surface area contributed by atoms with Crippen molar-refractivity contribution >= 4 is 10.0 Å². The van der Waals surface area contributed by atoms with Crippen molar-refractivity contribution in [1.29, 1.82) is 0 Å².